The van der Waals surface area contributed by atoms with Crippen molar-refractivity contribution in [3.8, 4) is 0 Å². The summed E-state index contributed by atoms with van der Waals surface area (Å²) in [5.74, 6) is -3.34. The minimum Gasteiger partial charge on any atom is -0.449 e. The second-order valence-corrected chi connectivity index (χ2v) is 16.3. The number of aliphatic hydroxyl groups excluding tert-OH is 1. The number of hydrogen-bond donors (Lipinski definition) is 5. The van der Waals surface area contributed by atoms with Gasteiger partial charge in [0, 0.05) is 20.6 Å². The van der Waals surface area contributed by atoms with E-state index in [2.05, 4.69) is 21.3 Å². The Morgan fingerprint density at radius 3 is 2.12 bits per heavy atom. The van der Waals surface area contributed by atoms with Crippen molar-refractivity contribution in [2.75, 3.05) is 33.8 Å². The molecule has 0 aliphatic carbocycles. The number of benzene rings is 1. The molecule has 1 fully saturated rings. The Hall–Kier alpha value is -4.04. The molecule has 0 bridgehead atoms. The van der Waals surface area contributed by atoms with E-state index >= 15 is 0 Å². The summed E-state index contributed by atoms with van der Waals surface area (Å²) >= 11 is 0. The summed E-state index contributed by atoms with van der Waals surface area (Å²) in [5.41, 5.74) is -0.553. The van der Waals surface area contributed by atoms with E-state index in [0.29, 0.717) is 12.0 Å². The highest BCUT2D eigenvalue weighted by molar-refractivity contribution is 6.38. The number of amides is 5. The number of hydrogen-bond acceptors (Lipinski definition) is 9. The maximum absolute atomic E-state index is 14.1. The number of likely N-dealkylation sites (N-methyl/N-ethyl adjacent to an activating group) is 1. The molecule has 1 heterocycles. The van der Waals surface area contributed by atoms with Gasteiger partial charge in [-0.3, -0.25) is 29.3 Å². The highest BCUT2D eigenvalue weighted by atomic mass is 16.5. The van der Waals surface area contributed by atoms with Crippen molar-refractivity contribution in [3.05, 3.63) is 35.9 Å². The molecular weight excluding hydrogens is 656 g/mol. The van der Waals surface area contributed by atoms with Gasteiger partial charge in [-0.2, -0.15) is 0 Å². The van der Waals surface area contributed by atoms with Crippen LogP contribution in [0, 0.1) is 22.7 Å². The molecular formula is C37H60N6O8. The van der Waals surface area contributed by atoms with Crippen molar-refractivity contribution in [1.82, 2.24) is 31.1 Å². The number of rotatable bonds is 16. The molecule has 3 unspecified atom stereocenters. The summed E-state index contributed by atoms with van der Waals surface area (Å²) in [6.45, 7) is 16.8. The summed E-state index contributed by atoms with van der Waals surface area (Å²) < 4.78 is 5.29. The average Bonchev–Trinajstić information content (AvgIpc) is 3.37. The van der Waals surface area contributed by atoms with Gasteiger partial charge in [0.1, 0.15) is 18.3 Å². The predicted molar refractivity (Wildman–Crippen MR) is 193 cm³/mol. The number of ketones is 1. The summed E-state index contributed by atoms with van der Waals surface area (Å²) in [4.78, 5) is 81.8. The van der Waals surface area contributed by atoms with Crippen molar-refractivity contribution in [1.29, 1.82) is 0 Å². The molecule has 5 atom stereocenters. The number of ether oxygens (including phenoxy) is 1. The number of alkyl carbamates (subject to hydrolysis) is 1. The van der Waals surface area contributed by atoms with Crippen LogP contribution in [0.4, 0.5) is 4.79 Å². The van der Waals surface area contributed by atoms with Gasteiger partial charge in [0.05, 0.1) is 25.2 Å². The van der Waals surface area contributed by atoms with E-state index in [0.717, 1.165) is 0 Å². The van der Waals surface area contributed by atoms with Crippen molar-refractivity contribution in [2.24, 2.45) is 22.7 Å². The summed E-state index contributed by atoms with van der Waals surface area (Å²) in [6.07, 6.45) is -1.56. The number of carbonyl (C=O) groups excluding carboxylic acids is 6. The van der Waals surface area contributed by atoms with Crippen LogP contribution >= 0.6 is 0 Å². The number of nitrogens with zero attached hydrogens (tertiary/aromatic N) is 2. The van der Waals surface area contributed by atoms with Gasteiger partial charge in [-0.05, 0) is 41.1 Å². The van der Waals surface area contributed by atoms with E-state index in [9.17, 15) is 33.9 Å². The Morgan fingerprint density at radius 2 is 1.59 bits per heavy atom. The van der Waals surface area contributed by atoms with Gasteiger partial charge in [0.25, 0.3) is 5.91 Å². The maximum Gasteiger partial charge on any atom is 0.407 e. The molecule has 0 saturated carbocycles. The number of nitrogens with one attached hydrogen (secondary N) is 4. The normalized spacial score (nSPS) is 18.0. The third kappa shape index (κ3) is 13.2. The molecule has 2 rings (SSSR count). The highest BCUT2D eigenvalue weighted by Crippen LogP contribution is 2.37. The molecule has 14 heteroatoms. The van der Waals surface area contributed by atoms with Gasteiger partial charge in [0.15, 0.2) is 0 Å². The van der Waals surface area contributed by atoms with Crippen molar-refractivity contribution >= 4 is 35.5 Å². The first kappa shape index (κ1) is 43.1. The number of aliphatic hydroxyl groups is 1. The molecule has 5 N–H and O–H groups in total. The van der Waals surface area contributed by atoms with Gasteiger partial charge in [-0.25, -0.2) is 4.79 Å². The van der Waals surface area contributed by atoms with Crippen LogP contribution in [0.1, 0.15) is 86.8 Å². The molecule has 1 aliphatic rings. The van der Waals surface area contributed by atoms with E-state index in [4.69, 9.17) is 4.74 Å². The molecule has 1 aromatic rings. The zero-order chi connectivity index (χ0) is 38.8. The van der Waals surface area contributed by atoms with Gasteiger partial charge in [0.2, 0.25) is 23.5 Å². The quantitative estimate of drug-likeness (QED) is 0.127. The van der Waals surface area contributed by atoms with E-state index in [1.54, 1.807) is 44.4 Å². The van der Waals surface area contributed by atoms with Crippen LogP contribution in [-0.2, 0) is 28.7 Å². The largest absolute Gasteiger partial charge is 0.449 e. The molecule has 1 aliphatic heterocycles. The molecule has 286 valence electrons. The fourth-order valence-corrected chi connectivity index (χ4v) is 5.91. The van der Waals surface area contributed by atoms with Crippen LogP contribution in [0.15, 0.2) is 30.3 Å². The fraction of sp³-hybridized carbons (Fsp3) is 0.676. The predicted octanol–water partition coefficient (Wildman–Crippen LogP) is 2.36. The second-order valence-electron chi connectivity index (χ2n) is 16.3. The third-order valence-electron chi connectivity index (χ3n) is 8.49. The molecule has 0 radical (unpaired) electrons. The second kappa shape index (κ2) is 18.5. The molecule has 14 nitrogen and oxygen atoms in total. The van der Waals surface area contributed by atoms with E-state index < -0.39 is 77.4 Å². The van der Waals surface area contributed by atoms with Crippen LogP contribution in [0.5, 0.6) is 0 Å². The monoisotopic (exact) mass is 716 g/mol. The maximum atomic E-state index is 14.1. The zero-order valence-electron chi connectivity index (χ0n) is 32.2. The van der Waals surface area contributed by atoms with Gasteiger partial charge < -0.3 is 35.6 Å². The van der Waals surface area contributed by atoms with Gasteiger partial charge in [-0.15, -0.1) is 0 Å². The number of Topliss-reactive ketones (excluding diaryl/α,β-unsaturated/α-hetero) is 1. The van der Waals surface area contributed by atoms with Crippen LogP contribution in [0.3, 0.4) is 0 Å². The lowest BCUT2D eigenvalue weighted by Crippen LogP contribution is -2.60. The SMILES string of the molecule is CC(C)COC(=O)N[C@H](C(=O)N1CC(C)(C)C[C@H]1C(O)NC(CC(C)C)C(=O)C(=O)NCC(=O)NC(C(=O)N(C)C)c1ccccc1)C(C)(C)C. The topological polar surface area (TPSA) is 186 Å². The van der Waals surface area contributed by atoms with Crippen molar-refractivity contribution in [2.45, 2.75) is 106 Å². The standard InChI is InChI=1S/C37H60N6O8/c1-22(2)17-25(29(45)32(47)38-19-27(44)40-28(33(48)42(10)11)24-15-13-12-14-16-24)39-31(46)26-18-37(8,9)21-43(26)34(49)30(36(5,6)7)41-35(50)51-20-23(3)4/h12-16,22-23,25-26,28,30-31,39,46H,17-21H2,1-11H3,(H,38,47)(H,40,44)(H,41,50)/t25?,26-,28?,30+,31?/m0/s1. The Bertz CT molecular complexity index is 1370. The molecule has 5 amide bonds. The number of likely N-dealkylation sites (tertiary alicyclic amines) is 1. The smallest absolute Gasteiger partial charge is 0.407 e. The Labute approximate surface area is 302 Å². The van der Waals surface area contributed by atoms with E-state index in [1.807, 2.05) is 62.3 Å². The number of carbonyl (C=O) groups is 6. The van der Waals surface area contributed by atoms with Crippen LogP contribution < -0.4 is 21.3 Å². The Balaban J connectivity index is 2.20. The van der Waals surface area contributed by atoms with Crippen molar-refractivity contribution in [3.63, 3.8) is 0 Å². The summed E-state index contributed by atoms with van der Waals surface area (Å²) in [5, 5.41) is 22.1. The average molecular weight is 717 g/mol. The molecule has 0 aromatic heterocycles. The first-order valence-electron chi connectivity index (χ1n) is 17.6. The molecule has 1 saturated heterocycles. The lowest BCUT2D eigenvalue weighted by molar-refractivity contribution is -0.142. The molecule has 1 aromatic carbocycles. The minimum atomic E-state index is -1.41. The highest BCUT2D eigenvalue weighted by Gasteiger charge is 2.48. The third-order valence-corrected chi connectivity index (χ3v) is 8.49. The lowest BCUT2D eigenvalue weighted by Gasteiger charge is -2.37. The first-order valence-corrected chi connectivity index (χ1v) is 17.6. The van der Waals surface area contributed by atoms with Gasteiger partial charge >= 0.3 is 6.09 Å². The van der Waals surface area contributed by atoms with Crippen molar-refractivity contribution < 1.29 is 38.6 Å². The fourth-order valence-electron chi connectivity index (χ4n) is 5.91. The van der Waals surface area contributed by atoms with Crippen LogP contribution in [0.25, 0.3) is 0 Å². The van der Waals surface area contributed by atoms with Gasteiger partial charge in [-0.1, -0.05) is 92.6 Å². The molecule has 51 heavy (non-hydrogen) atoms. The summed E-state index contributed by atoms with van der Waals surface area (Å²) in [6, 6.07) is 4.76. The van der Waals surface area contributed by atoms with Crippen LogP contribution in [-0.4, -0.2) is 109 Å². The zero-order valence-corrected chi connectivity index (χ0v) is 32.2. The minimum absolute atomic E-state index is 0.0671. The first-order chi connectivity index (χ1) is 23.5. The van der Waals surface area contributed by atoms with Crippen LogP contribution in [0.2, 0.25) is 0 Å². The molecule has 0 spiro atoms. The Morgan fingerprint density at radius 1 is 0.980 bits per heavy atom. The van der Waals surface area contributed by atoms with E-state index in [-0.39, 0.29) is 37.3 Å². The summed E-state index contributed by atoms with van der Waals surface area (Å²) in [7, 11) is 3.13. The lowest BCUT2D eigenvalue weighted by atomic mass is 9.85. The van der Waals surface area contributed by atoms with E-state index in [1.165, 1.54) is 9.80 Å². The Kier molecular flexibility index (Phi) is 15.6.